The van der Waals surface area contributed by atoms with Gasteiger partial charge in [0.2, 0.25) is 0 Å². The molecule has 126 valence electrons. The van der Waals surface area contributed by atoms with Crippen LogP contribution in [0.3, 0.4) is 0 Å². The first kappa shape index (κ1) is 17.2. The van der Waals surface area contributed by atoms with Crippen molar-refractivity contribution in [1.29, 1.82) is 0 Å². The summed E-state index contributed by atoms with van der Waals surface area (Å²) in [6, 6.07) is 16.2. The van der Waals surface area contributed by atoms with E-state index in [2.05, 4.69) is 29.4 Å². The van der Waals surface area contributed by atoms with Gasteiger partial charge in [0.1, 0.15) is 0 Å². The van der Waals surface area contributed by atoms with Crippen molar-refractivity contribution in [2.24, 2.45) is 4.99 Å². The first-order valence-electron chi connectivity index (χ1n) is 8.11. The molecule has 0 unspecified atom stereocenters. The fraction of sp³-hybridized carbons (Fsp3) is 0.143. The standard InChI is InChI=1S/C21H20N2OS/c1-14-9-10-18(16(3)11-14)22-21-23-20(24)19(25-21)13-15(2)12-17-7-5-4-6-8-17/h4-13H,1-3H3,(H,22,23,24)/b15-12+,19-13-. The number of hydrogen-bond acceptors (Lipinski definition) is 3. The number of thioether (sulfide) groups is 1. The highest BCUT2D eigenvalue weighted by molar-refractivity contribution is 8.18. The minimum atomic E-state index is -0.102. The summed E-state index contributed by atoms with van der Waals surface area (Å²) in [6.07, 6.45) is 3.96. The molecule has 0 aliphatic carbocycles. The van der Waals surface area contributed by atoms with Crippen LogP contribution in [0.25, 0.3) is 6.08 Å². The summed E-state index contributed by atoms with van der Waals surface area (Å²) in [6.45, 7) is 6.07. The Bertz CT molecular complexity index is 895. The Balaban J connectivity index is 1.80. The van der Waals surface area contributed by atoms with Crippen molar-refractivity contribution < 1.29 is 4.79 Å². The molecule has 0 radical (unpaired) electrons. The van der Waals surface area contributed by atoms with Gasteiger partial charge in [-0.2, -0.15) is 0 Å². The summed E-state index contributed by atoms with van der Waals surface area (Å²) >= 11 is 1.38. The number of aliphatic imine (C=N–C) groups is 1. The fourth-order valence-corrected chi connectivity index (χ4v) is 3.47. The van der Waals surface area contributed by atoms with E-state index in [1.807, 2.05) is 62.4 Å². The van der Waals surface area contributed by atoms with E-state index in [1.54, 1.807) is 0 Å². The van der Waals surface area contributed by atoms with Gasteiger partial charge < -0.3 is 5.32 Å². The van der Waals surface area contributed by atoms with Crippen LogP contribution in [-0.4, -0.2) is 11.1 Å². The maximum absolute atomic E-state index is 12.2. The molecule has 2 aromatic carbocycles. The van der Waals surface area contributed by atoms with Crippen LogP contribution >= 0.6 is 11.8 Å². The molecule has 0 atom stereocenters. The molecule has 1 amide bonds. The topological polar surface area (TPSA) is 41.5 Å². The van der Waals surface area contributed by atoms with Crippen LogP contribution < -0.4 is 5.32 Å². The van der Waals surface area contributed by atoms with Crippen molar-refractivity contribution in [2.45, 2.75) is 20.8 Å². The molecule has 0 spiro atoms. The normalized spacial score (nSPS) is 18.0. The van der Waals surface area contributed by atoms with Crippen LogP contribution in [0.2, 0.25) is 0 Å². The van der Waals surface area contributed by atoms with E-state index in [1.165, 1.54) is 17.3 Å². The number of benzene rings is 2. The van der Waals surface area contributed by atoms with Gasteiger partial charge in [0.15, 0.2) is 5.17 Å². The van der Waals surface area contributed by atoms with Crippen LogP contribution in [0.15, 0.2) is 70.1 Å². The van der Waals surface area contributed by atoms with Crippen molar-refractivity contribution in [2.75, 3.05) is 0 Å². The Labute approximate surface area is 152 Å². The Kier molecular flexibility index (Phi) is 5.19. The molecule has 1 fully saturated rings. The first-order valence-corrected chi connectivity index (χ1v) is 8.93. The van der Waals surface area contributed by atoms with E-state index in [4.69, 9.17) is 0 Å². The third-order valence-corrected chi connectivity index (χ3v) is 4.69. The zero-order chi connectivity index (χ0) is 17.8. The fourth-order valence-electron chi connectivity index (χ4n) is 2.58. The lowest BCUT2D eigenvalue weighted by molar-refractivity contribution is -0.115. The van der Waals surface area contributed by atoms with Crippen molar-refractivity contribution in [3.05, 3.63) is 81.8 Å². The number of carbonyl (C=O) groups is 1. The Hall–Kier alpha value is -2.59. The average molecular weight is 348 g/mol. The number of carbonyl (C=O) groups excluding carboxylic acids is 1. The third-order valence-electron chi connectivity index (χ3n) is 3.78. The van der Waals surface area contributed by atoms with Crippen LogP contribution in [0, 0.1) is 13.8 Å². The Morgan fingerprint density at radius 1 is 1.12 bits per heavy atom. The SMILES string of the molecule is CC(/C=C1\SC(=Nc2ccc(C)cc2C)NC1=O)=C\c1ccccc1. The lowest BCUT2D eigenvalue weighted by Crippen LogP contribution is -2.19. The molecular weight excluding hydrogens is 328 g/mol. The highest BCUT2D eigenvalue weighted by Gasteiger charge is 2.23. The van der Waals surface area contributed by atoms with E-state index in [0.717, 1.165) is 22.4 Å². The molecule has 1 saturated heterocycles. The summed E-state index contributed by atoms with van der Waals surface area (Å²) in [7, 11) is 0. The van der Waals surface area contributed by atoms with Gasteiger partial charge in [-0.15, -0.1) is 0 Å². The summed E-state index contributed by atoms with van der Waals surface area (Å²) < 4.78 is 0. The Morgan fingerprint density at radius 2 is 1.88 bits per heavy atom. The van der Waals surface area contributed by atoms with Gasteiger partial charge in [-0.1, -0.05) is 54.1 Å². The minimum absolute atomic E-state index is 0.102. The molecule has 2 aromatic rings. The zero-order valence-electron chi connectivity index (χ0n) is 14.5. The van der Waals surface area contributed by atoms with Gasteiger partial charge >= 0.3 is 0 Å². The number of amides is 1. The highest BCUT2D eigenvalue weighted by Crippen LogP contribution is 2.29. The summed E-state index contributed by atoms with van der Waals surface area (Å²) in [5, 5.41) is 3.46. The number of nitrogens with zero attached hydrogens (tertiary/aromatic N) is 1. The second kappa shape index (κ2) is 7.53. The van der Waals surface area contributed by atoms with Crippen LogP contribution in [0.5, 0.6) is 0 Å². The largest absolute Gasteiger partial charge is 0.300 e. The van der Waals surface area contributed by atoms with E-state index in [0.29, 0.717) is 10.1 Å². The molecule has 0 aromatic heterocycles. The summed E-state index contributed by atoms with van der Waals surface area (Å²) in [5.74, 6) is -0.102. The van der Waals surface area contributed by atoms with E-state index >= 15 is 0 Å². The van der Waals surface area contributed by atoms with Gasteiger partial charge in [-0.05, 0) is 61.4 Å². The van der Waals surface area contributed by atoms with Gasteiger partial charge in [0, 0.05) is 0 Å². The number of nitrogens with one attached hydrogen (secondary N) is 1. The van der Waals surface area contributed by atoms with Gasteiger partial charge in [-0.3, -0.25) is 4.79 Å². The van der Waals surface area contributed by atoms with Crippen LogP contribution in [0.4, 0.5) is 5.69 Å². The number of rotatable bonds is 3. The zero-order valence-corrected chi connectivity index (χ0v) is 15.4. The molecule has 3 rings (SSSR count). The molecular formula is C21H20N2OS. The molecule has 1 N–H and O–H groups in total. The maximum atomic E-state index is 12.2. The number of hydrogen-bond donors (Lipinski definition) is 1. The highest BCUT2D eigenvalue weighted by atomic mass is 32.2. The van der Waals surface area contributed by atoms with Crippen molar-refractivity contribution >= 4 is 34.6 Å². The molecule has 1 heterocycles. The summed E-state index contributed by atoms with van der Waals surface area (Å²) in [4.78, 5) is 17.4. The van der Waals surface area contributed by atoms with Gasteiger partial charge in [0.25, 0.3) is 5.91 Å². The van der Waals surface area contributed by atoms with Crippen LogP contribution in [0.1, 0.15) is 23.6 Å². The number of allylic oxidation sites excluding steroid dienone is 2. The van der Waals surface area contributed by atoms with Crippen molar-refractivity contribution in [1.82, 2.24) is 5.32 Å². The molecule has 1 aliphatic heterocycles. The monoisotopic (exact) mass is 348 g/mol. The van der Waals surface area contributed by atoms with Gasteiger partial charge in [0.05, 0.1) is 10.6 Å². The predicted octanol–water partition coefficient (Wildman–Crippen LogP) is 5.14. The maximum Gasteiger partial charge on any atom is 0.264 e. The minimum Gasteiger partial charge on any atom is -0.300 e. The van der Waals surface area contributed by atoms with Crippen molar-refractivity contribution in [3.8, 4) is 0 Å². The van der Waals surface area contributed by atoms with E-state index in [-0.39, 0.29) is 5.91 Å². The quantitative estimate of drug-likeness (QED) is 0.780. The van der Waals surface area contributed by atoms with Crippen LogP contribution in [-0.2, 0) is 4.79 Å². The lowest BCUT2D eigenvalue weighted by Gasteiger charge is -2.02. The van der Waals surface area contributed by atoms with E-state index in [9.17, 15) is 4.79 Å². The number of amidine groups is 1. The van der Waals surface area contributed by atoms with Crippen molar-refractivity contribution in [3.63, 3.8) is 0 Å². The molecule has 25 heavy (non-hydrogen) atoms. The lowest BCUT2D eigenvalue weighted by atomic mass is 10.1. The third kappa shape index (κ3) is 4.48. The Morgan fingerprint density at radius 3 is 2.60 bits per heavy atom. The van der Waals surface area contributed by atoms with Gasteiger partial charge in [-0.25, -0.2) is 4.99 Å². The first-order chi connectivity index (χ1) is 12.0. The molecule has 0 bridgehead atoms. The second-order valence-electron chi connectivity index (χ2n) is 6.07. The molecule has 1 aliphatic rings. The van der Waals surface area contributed by atoms with E-state index < -0.39 is 0 Å². The summed E-state index contributed by atoms with van der Waals surface area (Å²) in [5.41, 5.74) is 5.32. The average Bonchev–Trinajstić information content (AvgIpc) is 2.90. The second-order valence-corrected chi connectivity index (χ2v) is 7.10. The molecule has 3 nitrogen and oxygen atoms in total. The number of aryl methyl sites for hydroxylation is 2. The smallest absolute Gasteiger partial charge is 0.264 e. The predicted molar refractivity (Wildman–Crippen MR) is 107 cm³/mol. The molecule has 0 saturated carbocycles. The molecule has 4 heteroatoms.